The Labute approximate surface area is 162 Å². The van der Waals surface area contributed by atoms with Crippen LogP contribution in [0.25, 0.3) is 21.3 Å². The third-order valence-corrected chi connectivity index (χ3v) is 5.43. The lowest BCUT2D eigenvalue weighted by Crippen LogP contribution is -2.25. The third kappa shape index (κ3) is 2.76. The Morgan fingerprint density at radius 3 is 3.11 bits per heavy atom. The molecule has 0 atom stereocenters. The number of thiazole rings is 1. The van der Waals surface area contributed by atoms with Crippen molar-refractivity contribution in [3.8, 4) is 6.07 Å². The average Bonchev–Trinajstić information content (AvgIpc) is 3.34. The number of aryl methyl sites for hydroxylation is 1. The monoisotopic (exact) mass is 393 g/mol. The number of aromatic amines is 1. The molecule has 0 bridgehead atoms. The number of allylic oxidation sites excluding steroid dienone is 1. The average molecular weight is 393 g/mol. The van der Waals surface area contributed by atoms with Crippen LogP contribution in [0, 0.1) is 16.7 Å². The number of fused-ring (bicyclic) bond motifs is 3. The van der Waals surface area contributed by atoms with Crippen molar-refractivity contribution in [3.05, 3.63) is 51.3 Å². The highest BCUT2D eigenvalue weighted by atomic mass is 32.1. The molecule has 0 aromatic carbocycles. The summed E-state index contributed by atoms with van der Waals surface area (Å²) >= 11 is 1.43. The summed E-state index contributed by atoms with van der Waals surface area (Å²) in [6, 6.07) is 2.03. The van der Waals surface area contributed by atoms with Crippen molar-refractivity contribution in [2.24, 2.45) is 12.8 Å². The highest BCUT2D eigenvalue weighted by molar-refractivity contribution is 7.19. The molecule has 4 aromatic rings. The van der Waals surface area contributed by atoms with E-state index >= 15 is 0 Å². The van der Waals surface area contributed by atoms with Crippen LogP contribution in [0.4, 0.5) is 0 Å². The van der Waals surface area contributed by atoms with Gasteiger partial charge < -0.3 is 15.7 Å². The van der Waals surface area contributed by atoms with Gasteiger partial charge in [-0.05, 0) is 12.3 Å². The van der Waals surface area contributed by atoms with Crippen LogP contribution < -0.4 is 11.3 Å². The molecule has 4 N–H and O–H groups in total. The van der Waals surface area contributed by atoms with E-state index in [4.69, 9.17) is 16.4 Å². The zero-order valence-corrected chi connectivity index (χ0v) is 15.6. The number of hydrogen-bond acceptors (Lipinski definition) is 8. The van der Waals surface area contributed by atoms with E-state index in [9.17, 15) is 4.79 Å². The van der Waals surface area contributed by atoms with Gasteiger partial charge in [0.2, 0.25) is 0 Å². The summed E-state index contributed by atoms with van der Waals surface area (Å²) in [5.74, 6) is 0. The van der Waals surface area contributed by atoms with E-state index in [1.54, 1.807) is 17.8 Å². The number of nitriles is 1. The van der Waals surface area contributed by atoms with Gasteiger partial charge in [0.25, 0.3) is 5.56 Å². The number of hydrogen-bond donors (Lipinski definition) is 3. The Morgan fingerprint density at radius 1 is 1.54 bits per heavy atom. The van der Waals surface area contributed by atoms with Crippen molar-refractivity contribution in [3.63, 3.8) is 0 Å². The molecule has 0 amide bonds. The van der Waals surface area contributed by atoms with Crippen molar-refractivity contribution in [2.45, 2.75) is 13.0 Å². The van der Waals surface area contributed by atoms with Crippen molar-refractivity contribution in [2.75, 3.05) is 0 Å². The fourth-order valence-corrected chi connectivity index (χ4v) is 4.16. The van der Waals surface area contributed by atoms with Crippen LogP contribution in [0.15, 0.2) is 29.5 Å². The smallest absolute Gasteiger partial charge is 0.291 e. The van der Waals surface area contributed by atoms with Crippen molar-refractivity contribution in [1.29, 1.82) is 10.7 Å². The zero-order chi connectivity index (χ0) is 19.8. The summed E-state index contributed by atoms with van der Waals surface area (Å²) in [5, 5.41) is 29.3. The van der Waals surface area contributed by atoms with Crippen LogP contribution in [-0.2, 0) is 20.0 Å². The maximum atomic E-state index is 13.0. The molecule has 10 nitrogen and oxygen atoms in total. The lowest BCUT2D eigenvalue weighted by molar-refractivity contribution is 0.630. The molecule has 0 fully saturated rings. The lowest BCUT2D eigenvalue weighted by atomic mass is 10.2. The van der Waals surface area contributed by atoms with Gasteiger partial charge in [0, 0.05) is 30.8 Å². The highest BCUT2D eigenvalue weighted by Gasteiger charge is 2.19. The Bertz CT molecular complexity index is 1340. The largest absolute Gasteiger partial charge is 0.405 e. The van der Waals surface area contributed by atoms with E-state index in [0.717, 1.165) is 9.71 Å². The number of rotatable bonds is 5. The first-order chi connectivity index (χ1) is 13.5. The van der Waals surface area contributed by atoms with Crippen molar-refractivity contribution >= 4 is 38.3 Å². The summed E-state index contributed by atoms with van der Waals surface area (Å²) in [4.78, 5) is 17.5. The van der Waals surface area contributed by atoms with E-state index in [1.165, 1.54) is 34.5 Å². The van der Waals surface area contributed by atoms with Crippen LogP contribution in [0.2, 0.25) is 0 Å². The van der Waals surface area contributed by atoms with Gasteiger partial charge in [0.15, 0.2) is 5.65 Å². The van der Waals surface area contributed by atoms with Gasteiger partial charge in [-0.25, -0.2) is 9.67 Å². The molecular weight excluding hydrogens is 378 g/mol. The SMILES string of the molecule is Cn1c2nc(CC(=N)/C=C\N)sc2c2cnn(Cc3n[nH]cc3C#N)c(=O)c21. The summed E-state index contributed by atoms with van der Waals surface area (Å²) in [7, 11) is 1.78. The quantitative estimate of drug-likeness (QED) is 0.430. The van der Waals surface area contributed by atoms with Gasteiger partial charge >= 0.3 is 0 Å². The minimum Gasteiger partial charge on any atom is -0.405 e. The minimum atomic E-state index is -0.280. The molecule has 0 aliphatic carbocycles. The molecule has 0 unspecified atom stereocenters. The molecule has 0 radical (unpaired) electrons. The molecule has 0 aliphatic rings. The Morgan fingerprint density at radius 2 is 2.36 bits per heavy atom. The molecular formula is C17H15N9OS. The van der Waals surface area contributed by atoms with Gasteiger partial charge in [0.1, 0.15) is 22.3 Å². The van der Waals surface area contributed by atoms with E-state index < -0.39 is 0 Å². The summed E-state index contributed by atoms with van der Waals surface area (Å²) in [5.41, 5.74) is 7.40. The number of nitrogens with two attached hydrogens (primary N) is 1. The molecule has 28 heavy (non-hydrogen) atoms. The molecule has 4 heterocycles. The van der Waals surface area contributed by atoms with Gasteiger partial charge in [-0.1, -0.05) is 0 Å². The first-order valence-electron chi connectivity index (χ1n) is 8.25. The van der Waals surface area contributed by atoms with Gasteiger partial charge in [-0.3, -0.25) is 9.89 Å². The Kier molecular flexibility index (Phi) is 4.25. The highest BCUT2D eigenvalue weighted by Crippen LogP contribution is 2.31. The first-order valence-corrected chi connectivity index (χ1v) is 9.07. The Hall–Kier alpha value is -3.78. The number of H-pyrrole nitrogens is 1. The molecule has 0 aliphatic heterocycles. The van der Waals surface area contributed by atoms with Gasteiger partial charge in [0.05, 0.1) is 23.0 Å². The van der Waals surface area contributed by atoms with Crippen LogP contribution in [0.3, 0.4) is 0 Å². The summed E-state index contributed by atoms with van der Waals surface area (Å²) < 4.78 is 3.88. The van der Waals surface area contributed by atoms with E-state index in [-0.39, 0.29) is 12.1 Å². The predicted molar refractivity (Wildman–Crippen MR) is 105 cm³/mol. The second-order valence-electron chi connectivity index (χ2n) is 6.11. The van der Waals surface area contributed by atoms with Gasteiger partial charge in [-0.15, -0.1) is 11.3 Å². The normalized spacial score (nSPS) is 11.6. The zero-order valence-electron chi connectivity index (χ0n) is 14.8. The molecule has 0 spiro atoms. The Balaban J connectivity index is 1.79. The second-order valence-corrected chi connectivity index (χ2v) is 7.19. The van der Waals surface area contributed by atoms with Crippen LogP contribution in [-0.4, -0.2) is 35.2 Å². The van der Waals surface area contributed by atoms with Gasteiger partial charge in [-0.2, -0.15) is 15.5 Å². The molecule has 140 valence electrons. The number of aromatic nitrogens is 6. The van der Waals surface area contributed by atoms with Crippen LogP contribution >= 0.6 is 11.3 Å². The first kappa shape index (κ1) is 17.6. The molecule has 4 rings (SSSR count). The third-order valence-electron chi connectivity index (χ3n) is 4.35. The minimum absolute atomic E-state index is 0.0985. The number of nitrogens with zero attached hydrogens (tertiary/aromatic N) is 6. The maximum Gasteiger partial charge on any atom is 0.291 e. The fraction of sp³-hybridized carbons (Fsp3) is 0.176. The second kappa shape index (κ2) is 6.75. The standard InChI is InChI=1S/C17H15N9OS/c1-25-14-11(15-16(25)23-13(28-15)4-10(20)2-3-18)7-22-26(17(14)27)8-12-9(5-19)6-21-24-12/h2-3,6-7,20H,4,8,18H2,1H3,(H,21,24)/b3-2-,20-10?. The molecule has 11 heteroatoms. The van der Waals surface area contributed by atoms with Crippen molar-refractivity contribution in [1.82, 2.24) is 29.5 Å². The van der Waals surface area contributed by atoms with Crippen molar-refractivity contribution < 1.29 is 0 Å². The predicted octanol–water partition coefficient (Wildman–Crippen LogP) is 1.02. The summed E-state index contributed by atoms with van der Waals surface area (Å²) in [6.45, 7) is 0.0985. The van der Waals surface area contributed by atoms with Crippen LogP contribution in [0.5, 0.6) is 0 Å². The number of nitrogens with one attached hydrogen (secondary N) is 2. The maximum absolute atomic E-state index is 13.0. The molecule has 0 saturated heterocycles. The molecule has 0 saturated carbocycles. The fourth-order valence-electron chi connectivity index (χ4n) is 3.04. The van der Waals surface area contributed by atoms with E-state index in [1.807, 2.05) is 6.07 Å². The lowest BCUT2D eigenvalue weighted by Gasteiger charge is -2.04. The molecule has 4 aromatic heterocycles. The van der Waals surface area contributed by atoms with E-state index in [0.29, 0.717) is 39.9 Å². The summed E-state index contributed by atoms with van der Waals surface area (Å²) in [6.07, 6.45) is 6.34. The topological polar surface area (TPSA) is 155 Å². The van der Waals surface area contributed by atoms with E-state index in [2.05, 4.69) is 20.3 Å². The van der Waals surface area contributed by atoms with Crippen LogP contribution in [0.1, 0.15) is 16.3 Å².